The van der Waals surface area contributed by atoms with E-state index in [1.165, 1.54) is 4.57 Å². The summed E-state index contributed by atoms with van der Waals surface area (Å²) in [5.41, 5.74) is 2.73. The van der Waals surface area contributed by atoms with E-state index < -0.39 is 0 Å². The van der Waals surface area contributed by atoms with Gasteiger partial charge in [0.15, 0.2) is 4.77 Å². The minimum atomic E-state index is -0.227. The van der Waals surface area contributed by atoms with Gasteiger partial charge in [0.1, 0.15) is 0 Å². The van der Waals surface area contributed by atoms with Gasteiger partial charge in [0.2, 0.25) is 0 Å². The highest BCUT2D eigenvalue weighted by molar-refractivity contribution is 7.71. The summed E-state index contributed by atoms with van der Waals surface area (Å²) >= 11 is 11.6. The van der Waals surface area contributed by atoms with E-state index in [0.717, 1.165) is 17.5 Å². The van der Waals surface area contributed by atoms with Crippen LogP contribution >= 0.6 is 23.8 Å². The third-order valence-corrected chi connectivity index (χ3v) is 5.76. The zero-order valence-corrected chi connectivity index (χ0v) is 18.2. The fraction of sp³-hybridized carbons (Fsp3) is 0.125. The second kappa shape index (κ2) is 9.29. The minimum absolute atomic E-state index is 0.197. The number of aromatic nitrogens is 2. The predicted molar refractivity (Wildman–Crippen MR) is 126 cm³/mol. The summed E-state index contributed by atoms with van der Waals surface area (Å²) in [5, 5.41) is 3.95. The minimum Gasteiger partial charge on any atom is -0.352 e. The number of nitrogens with one attached hydrogen (secondary N) is 2. The molecular weight excluding hydrogens is 430 g/mol. The van der Waals surface area contributed by atoms with E-state index in [-0.39, 0.29) is 22.8 Å². The van der Waals surface area contributed by atoms with Gasteiger partial charge in [-0.3, -0.25) is 14.2 Å². The highest BCUT2D eigenvalue weighted by Crippen LogP contribution is 2.17. The van der Waals surface area contributed by atoms with E-state index in [0.29, 0.717) is 28.0 Å². The molecule has 4 rings (SSSR count). The van der Waals surface area contributed by atoms with Crippen molar-refractivity contribution in [3.8, 4) is 0 Å². The first kappa shape index (κ1) is 21.0. The van der Waals surface area contributed by atoms with Crippen LogP contribution in [-0.2, 0) is 13.0 Å². The molecule has 0 unspecified atom stereocenters. The van der Waals surface area contributed by atoms with E-state index in [1.54, 1.807) is 24.3 Å². The van der Waals surface area contributed by atoms with Crippen molar-refractivity contribution < 1.29 is 4.79 Å². The lowest BCUT2D eigenvalue weighted by Crippen LogP contribution is -2.26. The van der Waals surface area contributed by atoms with Crippen molar-refractivity contribution in [3.63, 3.8) is 0 Å². The Morgan fingerprint density at radius 2 is 1.77 bits per heavy atom. The molecule has 2 N–H and O–H groups in total. The molecule has 0 aliphatic carbocycles. The fourth-order valence-corrected chi connectivity index (χ4v) is 3.86. The summed E-state index contributed by atoms with van der Waals surface area (Å²) in [6.45, 7) is 0.793. The standard InChI is InChI=1S/C24H20ClN3O2S/c25-20-9-5-4-8-18(20)15-28-23(30)19-11-10-17(14-21(19)27-24(28)31)22(29)26-13-12-16-6-2-1-3-7-16/h1-11,14H,12-13,15H2,(H,26,29)(H,27,31). The summed E-state index contributed by atoms with van der Waals surface area (Å²) in [5.74, 6) is -0.197. The van der Waals surface area contributed by atoms with Crippen LogP contribution in [0, 0.1) is 4.77 Å². The van der Waals surface area contributed by atoms with Gasteiger partial charge in [-0.2, -0.15) is 0 Å². The van der Waals surface area contributed by atoms with Crippen molar-refractivity contribution >= 4 is 40.6 Å². The lowest BCUT2D eigenvalue weighted by atomic mass is 10.1. The van der Waals surface area contributed by atoms with E-state index in [9.17, 15) is 9.59 Å². The van der Waals surface area contributed by atoms with Crippen LogP contribution in [0.1, 0.15) is 21.5 Å². The van der Waals surface area contributed by atoms with Crippen LogP contribution in [0.15, 0.2) is 77.6 Å². The number of rotatable bonds is 6. The van der Waals surface area contributed by atoms with Crippen molar-refractivity contribution in [1.29, 1.82) is 0 Å². The quantitative estimate of drug-likeness (QED) is 0.418. The van der Waals surface area contributed by atoms with Crippen LogP contribution in [0.3, 0.4) is 0 Å². The largest absolute Gasteiger partial charge is 0.352 e. The fourth-order valence-electron chi connectivity index (χ4n) is 3.40. The Kier molecular flexibility index (Phi) is 6.30. The molecule has 0 fully saturated rings. The van der Waals surface area contributed by atoms with Gasteiger partial charge >= 0.3 is 0 Å². The number of carbonyl (C=O) groups is 1. The lowest BCUT2D eigenvalue weighted by Gasteiger charge is -2.11. The Balaban J connectivity index is 1.55. The molecule has 0 aliphatic heterocycles. The van der Waals surface area contributed by atoms with Crippen molar-refractivity contribution in [2.45, 2.75) is 13.0 Å². The number of nitrogens with zero attached hydrogens (tertiary/aromatic N) is 1. The van der Waals surface area contributed by atoms with E-state index in [4.69, 9.17) is 23.8 Å². The second-order valence-electron chi connectivity index (χ2n) is 7.16. The van der Waals surface area contributed by atoms with Crippen LogP contribution in [0.5, 0.6) is 0 Å². The van der Waals surface area contributed by atoms with Crippen LogP contribution in [0.4, 0.5) is 0 Å². The molecule has 4 aromatic rings. The number of benzene rings is 3. The normalized spacial score (nSPS) is 10.9. The first-order valence-electron chi connectivity index (χ1n) is 9.85. The topological polar surface area (TPSA) is 66.9 Å². The summed E-state index contributed by atoms with van der Waals surface area (Å²) in [4.78, 5) is 28.6. The highest BCUT2D eigenvalue weighted by Gasteiger charge is 2.11. The van der Waals surface area contributed by atoms with Gasteiger partial charge in [-0.15, -0.1) is 0 Å². The molecule has 0 saturated carbocycles. The molecule has 5 nitrogen and oxygen atoms in total. The third kappa shape index (κ3) is 4.76. The van der Waals surface area contributed by atoms with Gasteiger partial charge in [-0.1, -0.05) is 60.1 Å². The molecule has 0 spiro atoms. The second-order valence-corrected chi connectivity index (χ2v) is 7.96. The Morgan fingerprint density at radius 3 is 2.55 bits per heavy atom. The Labute approximate surface area is 189 Å². The Bertz CT molecular complexity index is 1360. The van der Waals surface area contributed by atoms with Crippen LogP contribution < -0.4 is 10.9 Å². The molecule has 1 amide bonds. The smallest absolute Gasteiger partial charge is 0.262 e. The number of halogens is 1. The molecule has 1 heterocycles. The molecule has 0 aliphatic rings. The maximum atomic E-state index is 13.0. The number of amides is 1. The molecule has 0 saturated heterocycles. The summed E-state index contributed by atoms with van der Waals surface area (Å²) in [6.07, 6.45) is 0.745. The van der Waals surface area contributed by atoms with Gasteiger partial charge < -0.3 is 10.3 Å². The number of hydrogen-bond donors (Lipinski definition) is 2. The van der Waals surface area contributed by atoms with Crippen molar-refractivity contribution in [1.82, 2.24) is 14.9 Å². The van der Waals surface area contributed by atoms with Gasteiger partial charge in [0, 0.05) is 17.1 Å². The van der Waals surface area contributed by atoms with Crippen molar-refractivity contribution in [2.75, 3.05) is 6.54 Å². The van der Waals surface area contributed by atoms with Crippen LogP contribution in [0.25, 0.3) is 10.9 Å². The average Bonchev–Trinajstić information content (AvgIpc) is 2.78. The Morgan fingerprint density at radius 1 is 1.03 bits per heavy atom. The molecule has 0 atom stereocenters. The van der Waals surface area contributed by atoms with E-state index >= 15 is 0 Å². The lowest BCUT2D eigenvalue weighted by molar-refractivity contribution is 0.0954. The molecule has 1 aromatic heterocycles. The van der Waals surface area contributed by atoms with Gasteiger partial charge in [-0.25, -0.2) is 0 Å². The number of H-pyrrole nitrogens is 1. The van der Waals surface area contributed by atoms with Gasteiger partial charge in [-0.05, 0) is 54.0 Å². The van der Waals surface area contributed by atoms with Crippen LogP contribution in [-0.4, -0.2) is 22.0 Å². The Hall–Kier alpha value is -3.22. The monoisotopic (exact) mass is 449 g/mol. The zero-order valence-electron chi connectivity index (χ0n) is 16.6. The molecule has 3 aromatic carbocycles. The van der Waals surface area contributed by atoms with E-state index in [1.807, 2.05) is 48.5 Å². The summed E-state index contributed by atoms with van der Waals surface area (Å²) < 4.78 is 1.75. The van der Waals surface area contributed by atoms with Crippen molar-refractivity contribution in [3.05, 3.63) is 110 Å². The first-order chi connectivity index (χ1) is 15.0. The maximum Gasteiger partial charge on any atom is 0.262 e. The molecule has 0 bridgehead atoms. The third-order valence-electron chi connectivity index (χ3n) is 5.07. The molecule has 7 heteroatoms. The molecule has 31 heavy (non-hydrogen) atoms. The van der Waals surface area contributed by atoms with Crippen molar-refractivity contribution in [2.24, 2.45) is 0 Å². The average molecular weight is 450 g/mol. The summed E-state index contributed by atoms with van der Waals surface area (Å²) in [6, 6.07) is 22.2. The first-order valence-corrected chi connectivity index (χ1v) is 10.6. The highest BCUT2D eigenvalue weighted by atomic mass is 35.5. The van der Waals surface area contributed by atoms with E-state index in [2.05, 4.69) is 10.3 Å². The molecule has 0 radical (unpaired) electrons. The van der Waals surface area contributed by atoms with Crippen LogP contribution in [0.2, 0.25) is 5.02 Å². The molecule has 156 valence electrons. The number of aromatic amines is 1. The predicted octanol–water partition coefficient (Wildman–Crippen LogP) is 4.73. The SMILES string of the molecule is O=C(NCCc1ccccc1)c1ccc2c(=O)n(Cc3ccccc3Cl)c(=S)[nH]c2c1. The number of carbonyl (C=O) groups excluding carboxylic acids is 1. The van der Waals surface area contributed by atoms with Gasteiger partial charge in [0.25, 0.3) is 11.5 Å². The zero-order chi connectivity index (χ0) is 21.8. The number of fused-ring (bicyclic) bond motifs is 1. The number of hydrogen-bond acceptors (Lipinski definition) is 3. The summed E-state index contributed by atoms with van der Waals surface area (Å²) in [7, 11) is 0. The van der Waals surface area contributed by atoms with Gasteiger partial charge in [0.05, 0.1) is 17.4 Å². The maximum absolute atomic E-state index is 13.0. The molecular formula is C24H20ClN3O2S.